The molecule has 1 fully saturated rings. The third-order valence-electron chi connectivity index (χ3n) is 6.29. The van der Waals surface area contributed by atoms with Crippen LogP contribution in [0.5, 0.6) is 17.2 Å². The number of hydrogen-bond acceptors (Lipinski definition) is 5. The maximum Gasteiger partial charge on any atom is 0.219 e. The quantitative estimate of drug-likeness (QED) is 0.729. The predicted molar refractivity (Wildman–Crippen MR) is 120 cm³/mol. The van der Waals surface area contributed by atoms with Crippen molar-refractivity contribution in [3.05, 3.63) is 53.6 Å². The van der Waals surface area contributed by atoms with Gasteiger partial charge in [0.15, 0.2) is 11.5 Å². The van der Waals surface area contributed by atoms with Crippen molar-refractivity contribution >= 4 is 5.91 Å². The Balaban J connectivity index is 1.46. The Morgan fingerprint density at radius 2 is 1.90 bits per heavy atom. The van der Waals surface area contributed by atoms with Crippen LogP contribution in [0.2, 0.25) is 0 Å². The number of carbonyl (C=O) groups is 1. The number of amides is 1. The van der Waals surface area contributed by atoms with E-state index in [-0.39, 0.29) is 11.5 Å². The van der Waals surface area contributed by atoms with E-state index in [1.165, 1.54) is 5.56 Å². The molecule has 2 aliphatic rings. The lowest BCUT2D eigenvalue weighted by Crippen LogP contribution is -2.53. The summed E-state index contributed by atoms with van der Waals surface area (Å²) in [6, 6.07) is 14.2. The first-order chi connectivity index (χ1) is 15.0. The molecule has 2 aliphatic heterocycles. The van der Waals surface area contributed by atoms with Crippen molar-refractivity contribution in [2.75, 3.05) is 33.4 Å². The van der Waals surface area contributed by atoms with Gasteiger partial charge in [-0.1, -0.05) is 24.3 Å². The van der Waals surface area contributed by atoms with Crippen LogP contribution in [0, 0.1) is 0 Å². The van der Waals surface area contributed by atoms with E-state index >= 15 is 0 Å². The molecule has 0 unspecified atom stereocenters. The van der Waals surface area contributed by atoms with Crippen molar-refractivity contribution in [1.29, 1.82) is 0 Å². The SMILES string of the molecule is CCOc1cc(CN2CCC3(CC2)CN(C(C)=O)Cc2ccccc2O3)ccc1OC. The number of likely N-dealkylation sites (tertiary alicyclic amines) is 1. The minimum absolute atomic E-state index is 0.101. The van der Waals surface area contributed by atoms with Crippen LogP contribution in [0.15, 0.2) is 42.5 Å². The monoisotopic (exact) mass is 424 g/mol. The van der Waals surface area contributed by atoms with E-state index in [0.717, 1.165) is 55.3 Å². The standard InChI is InChI=1S/C25H32N2O4/c1-4-30-24-15-20(9-10-23(24)29-3)16-26-13-11-25(12-14-26)18-27(19(2)28)17-21-7-5-6-8-22(21)31-25/h5-10,15H,4,11-14,16-18H2,1-3H3. The molecule has 2 heterocycles. The highest BCUT2D eigenvalue weighted by molar-refractivity contribution is 5.73. The van der Waals surface area contributed by atoms with Crippen LogP contribution in [-0.4, -0.2) is 54.7 Å². The average Bonchev–Trinajstić information content (AvgIpc) is 2.93. The summed E-state index contributed by atoms with van der Waals surface area (Å²) in [4.78, 5) is 16.6. The van der Waals surface area contributed by atoms with Crippen molar-refractivity contribution in [3.63, 3.8) is 0 Å². The van der Waals surface area contributed by atoms with Crippen LogP contribution < -0.4 is 14.2 Å². The largest absolute Gasteiger partial charge is 0.493 e. The summed E-state index contributed by atoms with van der Waals surface area (Å²) in [5.41, 5.74) is 1.96. The molecule has 0 atom stereocenters. The molecule has 1 spiro atoms. The van der Waals surface area contributed by atoms with E-state index in [1.54, 1.807) is 14.0 Å². The normalized spacial score (nSPS) is 18.1. The lowest BCUT2D eigenvalue weighted by molar-refractivity contribution is -0.132. The van der Waals surface area contributed by atoms with Gasteiger partial charge >= 0.3 is 0 Å². The number of carbonyl (C=O) groups excluding carboxylic acids is 1. The molecule has 0 saturated carbocycles. The molecular formula is C25H32N2O4. The summed E-state index contributed by atoms with van der Waals surface area (Å²) in [5.74, 6) is 2.56. The zero-order valence-electron chi connectivity index (χ0n) is 18.7. The number of ether oxygens (including phenoxy) is 3. The van der Waals surface area contributed by atoms with Crippen LogP contribution in [0.3, 0.4) is 0 Å². The Bertz CT molecular complexity index is 921. The Kier molecular flexibility index (Phi) is 6.37. The summed E-state index contributed by atoms with van der Waals surface area (Å²) in [6.45, 7) is 8.19. The maximum absolute atomic E-state index is 12.3. The van der Waals surface area contributed by atoms with E-state index in [0.29, 0.717) is 19.7 Å². The number of nitrogens with zero attached hydrogens (tertiary/aromatic N) is 2. The minimum atomic E-state index is -0.328. The maximum atomic E-state index is 12.3. The summed E-state index contributed by atoms with van der Waals surface area (Å²) >= 11 is 0. The van der Waals surface area contributed by atoms with Crippen LogP contribution in [0.1, 0.15) is 37.8 Å². The van der Waals surface area contributed by atoms with Crippen LogP contribution in [0.4, 0.5) is 0 Å². The van der Waals surface area contributed by atoms with Gasteiger partial charge in [0.1, 0.15) is 11.4 Å². The highest BCUT2D eigenvalue weighted by Gasteiger charge is 2.41. The topological polar surface area (TPSA) is 51.2 Å². The number of rotatable bonds is 5. The Hall–Kier alpha value is -2.73. The molecule has 0 bridgehead atoms. The molecule has 0 N–H and O–H groups in total. The molecule has 0 aliphatic carbocycles. The molecule has 1 saturated heterocycles. The highest BCUT2D eigenvalue weighted by Crippen LogP contribution is 2.36. The van der Waals surface area contributed by atoms with Gasteiger partial charge < -0.3 is 19.1 Å². The molecule has 1 amide bonds. The number of fused-ring (bicyclic) bond motifs is 1. The van der Waals surface area contributed by atoms with Gasteiger partial charge in [0, 0.05) is 51.5 Å². The van der Waals surface area contributed by atoms with Gasteiger partial charge in [0.25, 0.3) is 0 Å². The fourth-order valence-corrected chi connectivity index (χ4v) is 4.56. The fourth-order valence-electron chi connectivity index (χ4n) is 4.56. The van der Waals surface area contributed by atoms with Crippen molar-refractivity contribution in [3.8, 4) is 17.2 Å². The van der Waals surface area contributed by atoms with Gasteiger partial charge in [-0.05, 0) is 30.7 Å². The van der Waals surface area contributed by atoms with E-state index in [1.807, 2.05) is 36.1 Å². The second kappa shape index (κ2) is 9.18. The molecule has 0 radical (unpaired) electrons. The Morgan fingerprint density at radius 1 is 1.13 bits per heavy atom. The number of hydrogen-bond donors (Lipinski definition) is 0. The van der Waals surface area contributed by atoms with Gasteiger partial charge in [-0.3, -0.25) is 9.69 Å². The van der Waals surface area contributed by atoms with Gasteiger partial charge in [0.2, 0.25) is 5.91 Å². The fraction of sp³-hybridized carbons (Fsp3) is 0.480. The number of para-hydroxylation sites is 1. The molecule has 0 aromatic heterocycles. The number of piperidine rings is 1. The van der Waals surface area contributed by atoms with Crippen molar-refractivity contribution in [1.82, 2.24) is 9.80 Å². The van der Waals surface area contributed by atoms with Crippen LogP contribution >= 0.6 is 0 Å². The smallest absolute Gasteiger partial charge is 0.219 e. The van der Waals surface area contributed by atoms with E-state index in [2.05, 4.69) is 23.1 Å². The molecule has 6 nitrogen and oxygen atoms in total. The minimum Gasteiger partial charge on any atom is -0.493 e. The molecule has 166 valence electrons. The Morgan fingerprint density at radius 3 is 2.61 bits per heavy atom. The van der Waals surface area contributed by atoms with E-state index in [4.69, 9.17) is 14.2 Å². The lowest BCUT2D eigenvalue weighted by atomic mass is 9.90. The second-order valence-electron chi connectivity index (χ2n) is 8.46. The third kappa shape index (κ3) is 4.79. The lowest BCUT2D eigenvalue weighted by Gasteiger charge is -2.42. The Labute approximate surface area is 184 Å². The van der Waals surface area contributed by atoms with Gasteiger partial charge in [-0.25, -0.2) is 0 Å². The third-order valence-corrected chi connectivity index (χ3v) is 6.29. The molecule has 4 rings (SSSR count). The molecule has 6 heteroatoms. The predicted octanol–water partition coefficient (Wildman–Crippen LogP) is 3.87. The molecule has 2 aromatic carbocycles. The van der Waals surface area contributed by atoms with Gasteiger partial charge in [0.05, 0.1) is 20.3 Å². The highest BCUT2D eigenvalue weighted by atomic mass is 16.5. The molecule has 31 heavy (non-hydrogen) atoms. The average molecular weight is 425 g/mol. The zero-order valence-corrected chi connectivity index (χ0v) is 18.7. The molecular weight excluding hydrogens is 392 g/mol. The second-order valence-corrected chi connectivity index (χ2v) is 8.46. The summed E-state index contributed by atoms with van der Waals surface area (Å²) in [5, 5.41) is 0. The number of methoxy groups -OCH3 is 1. The number of benzene rings is 2. The van der Waals surface area contributed by atoms with Gasteiger partial charge in [-0.2, -0.15) is 0 Å². The van der Waals surface area contributed by atoms with E-state index in [9.17, 15) is 4.79 Å². The van der Waals surface area contributed by atoms with E-state index < -0.39 is 0 Å². The van der Waals surface area contributed by atoms with Crippen molar-refractivity contribution < 1.29 is 19.0 Å². The summed E-state index contributed by atoms with van der Waals surface area (Å²) in [7, 11) is 1.66. The van der Waals surface area contributed by atoms with Crippen molar-refractivity contribution in [2.24, 2.45) is 0 Å². The first-order valence-electron chi connectivity index (χ1n) is 11.1. The summed E-state index contributed by atoms with van der Waals surface area (Å²) in [6.07, 6.45) is 1.78. The van der Waals surface area contributed by atoms with Gasteiger partial charge in [-0.15, -0.1) is 0 Å². The van der Waals surface area contributed by atoms with Crippen LogP contribution in [-0.2, 0) is 17.9 Å². The first-order valence-corrected chi connectivity index (χ1v) is 11.1. The zero-order chi connectivity index (χ0) is 21.8. The van der Waals surface area contributed by atoms with Crippen molar-refractivity contribution in [2.45, 2.75) is 45.4 Å². The van der Waals surface area contributed by atoms with Crippen LogP contribution in [0.25, 0.3) is 0 Å². The first kappa shape index (κ1) is 21.5. The molecule has 2 aromatic rings. The summed E-state index contributed by atoms with van der Waals surface area (Å²) < 4.78 is 17.7.